The quantitative estimate of drug-likeness (QED) is 0.274. The van der Waals surface area contributed by atoms with Gasteiger partial charge in [0.05, 0.1) is 13.2 Å². The summed E-state index contributed by atoms with van der Waals surface area (Å²) < 4.78 is 4.65. The summed E-state index contributed by atoms with van der Waals surface area (Å²) >= 11 is 1.70. The first-order chi connectivity index (χ1) is 14.0. The Bertz CT molecular complexity index is 685. The fourth-order valence-electron chi connectivity index (χ4n) is 3.80. The fraction of sp³-hybridized carbons (Fsp3) is 0.583. The van der Waals surface area contributed by atoms with Crippen molar-refractivity contribution in [2.75, 3.05) is 12.9 Å². The zero-order chi connectivity index (χ0) is 21.1. The Labute approximate surface area is 179 Å². The third kappa shape index (κ3) is 8.35. The Hall–Kier alpha value is -1.59. The van der Waals surface area contributed by atoms with E-state index < -0.39 is 0 Å². The number of esters is 1. The summed E-state index contributed by atoms with van der Waals surface area (Å²) in [6, 6.07) is 8.23. The average Bonchev–Trinajstić information content (AvgIpc) is 3.07. The van der Waals surface area contributed by atoms with Gasteiger partial charge in [-0.2, -0.15) is 0 Å². The molecule has 160 valence electrons. The maximum absolute atomic E-state index is 12.2. The van der Waals surface area contributed by atoms with Gasteiger partial charge in [-0.25, -0.2) is 0 Å². The topological polar surface area (TPSA) is 63.6 Å². The normalized spacial score (nSPS) is 19.5. The van der Waals surface area contributed by atoms with Crippen LogP contribution in [-0.2, 0) is 14.3 Å². The Balaban J connectivity index is 1.65. The van der Waals surface area contributed by atoms with E-state index in [4.69, 9.17) is 0 Å². The summed E-state index contributed by atoms with van der Waals surface area (Å²) in [5.74, 6) is 1.07. The molecule has 2 unspecified atom stereocenters. The molecule has 0 spiro atoms. The zero-order valence-corrected chi connectivity index (χ0v) is 18.5. The number of rotatable bonds is 13. The molecule has 29 heavy (non-hydrogen) atoms. The van der Waals surface area contributed by atoms with Gasteiger partial charge in [-0.05, 0) is 56.2 Å². The number of unbranched alkanes of at least 4 members (excludes halogenated alkanes) is 3. The van der Waals surface area contributed by atoms with E-state index in [1.165, 1.54) is 17.6 Å². The van der Waals surface area contributed by atoms with Crippen molar-refractivity contribution < 1.29 is 19.4 Å². The number of methoxy groups -OCH3 is 1. The monoisotopic (exact) mass is 418 g/mol. The van der Waals surface area contributed by atoms with Crippen LogP contribution in [0.5, 0.6) is 0 Å². The molecule has 4 nitrogen and oxygen atoms in total. The number of hydrogen-bond donors (Lipinski definition) is 1. The van der Waals surface area contributed by atoms with Crippen molar-refractivity contribution in [1.82, 2.24) is 0 Å². The van der Waals surface area contributed by atoms with Gasteiger partial charge in [0.25, 0.3) is 0 Å². The molecule has 2 rings (SSSR count). The van der Waals surface area contributed by atoms with E-state index in [2.05, 4.69) is 23.8 Å². The molecule has 1 aliphatic rings. The number of ether oxygens (including phenoxy) is 1. The Morgan fingerprint density at radius 3 is 2.69 bits per heavy atom. The number of aryl methyl sites for hydroxylation is 1. The largest absolute Gasteiger partial charge is 0.469 e. The van der Waals surface area contributed by atoms with Crippen LogP contribution >= 0.6 is 11.8 Å². The molecule has 0 saturated carbocycles. The van der Waals surface area contributed by atoms with E-state index in [1.54, 1.807) is 17.8 Å². The van der Waals surface area contributed by atoms with Gasteiger partial charge in [0, 0.05) is 23.0 Å². The SMILES string of the molecule is COC(=O)CCCCCCC1C(=O)C=C[C@@H]1CCC(O)CSc1ccccc1C. The first-order valence-electron chi connectivity index (χ1n) is 10.7. The lowest BCUT2D eigenvalue weighted by atomic mass is 9.86. The van der Waals surface area contributed by atoms with Crippen LogP contribution in [0.3, 0.4) is 0 Å². The smallest absolute Gasteiger partial charge is 0.305 e. The lowest BCUT2D eigenvalue weighted by molar-refractivity contribution is -0.140. The summed E-state index contributed by atoms with van der Waals surface area (Å²) in [7, 11) is 1.42. The second kappa shape index (κ2) is 12.9. The molecule has 0 amide bonds. The third-order valence-electron chi connectivity index (χ3n) is 5.62. The van der Waals surface area contributed by atoms with Crippen LogP contribution in [0.15, 0.2) is 41.3 Å². The molecule has 3 atom stereocenters. The highest BCUT2D eigenvalue weighted by Gasteiger charge is 2.29. The molecule has 5 heteroatoms. The number of aliphatic hydroxyl groups is 1. The van der Waals surface area contributed by atoms with Crippen molar-refractivity contribution in [1.29, 1.82) is 0 Å². The second-order valence-electron chi connectivity index (χ2n) is 7.87. The Morgan fingerprint density at radius 1 is 1.17 bits per heavy atom. The van der Waals surface area contributed by atoms with Crippen molar-refractivity contribution >= 4 is 23.5 Å². The lowest BCUT2D eigenvalue weighted by Crippen LogP contribution is -2.19. The molecule has 0 bridgehead atoms. The predicted octanol–water partition coefficient (Wildman–Crippen LogP) is 5.11. The van der Waals surface area contributed by atoms with Gasteiger partial charge in [-0.1, -0.05) is 43.5 Å². The van der Waals surface area contributed by atoms with Crippen LogP contribution in [-0.4, -0.2) is 35.8 Å². The number of carbonyl (C=O) groups is 2. The van der Waals surface area contributed by atoms with Gasteiger partial charge in [0.15, 0.2) is 5.78 Å². The Morgan fingerprint density at radius 2 is 1.93 bits per heavy atom. The maximum Gasteiger partial charge on any atom is 0.305 e. The first kappa shape index (κ1) is 23.7. The van der Waals surface area contributed by atoms with Crippen molar-refractivity contribution in [3.63, 3.8) is 0 Å². The number of ketones is 1. The van der Waals surface area contributed by atoms with Gasteiger partial charge in [0.2, 0.25) is 0 Å². The van der Waals surface area contributed by atoms with Gasteiger partial charge >= 0.3 is 5.97 Å². The van der Waals surface area contributed by atoms with E-state index in [0.717, 1.165) is 44.9 Å². The molecule has 0 heterocycles. The molecule has 1 aromatic carbocycles. The number of thioether (sulfide) groups is 1. The molecular formula is C24H34O4S. The van der Waals surface area contributed by atoms with Crippen LogP contribution in [0.25, 0.3) is 0 Å². The minimum absolute atomic E-state index is 0.0619. The molecule has 1 N–H and O–H groups in total. The molecular weight excluding hydrogens is 384 g/mol. The third-order valence-corrected chi connectivity index (χ3v) is 6.94. The van der Waals surface area contributed by atoms with E-state index in [9.17, 15) is 14.7 Å². The van der Waals surface area contributed by atoms with Gasteiger partial charge < -0.3 is 9.84 Å². The first-order valence-corrected chi connectivity index (χ1v) is 11.6. The van der Waals surface area contributed by atoms with Gasteiger partial charge in [0.1, 0.15) is 0 Å². The highest BCUT2D eigenvalue weighted by Crippen LogP contribution is 2.32. The van der Waals surface area contributed by atoms with Crippen molar-refractivity contribution in [2.45, 2.75) is 69.3 Å². The van der Waals surface area contributed by atoms with Crippen LogP contribution in [0, 0.1) is 18.8 Å². The summed E-state index contributed by atoms with van der Waals surface area (Å²) in [5.41, 5.74) is 1.24. The highest BCUT2D eigenvalue weighted by atomic mass is 32.2. The molecule has 0 fully saturated rings. The van der Waals surface area contributed by atoms with Crippen LogP contribution in [0.2, 0.25) is 0 Å². The van der Waals surface area contributed by atoms with E-state index >= 15 is 0 Å². The van der Waals surface area contributed by atoms with Crippen LogP contribution < -0.4 is 0 Å². The van der Waals surface area contributed by atoms with Gasteiger partial charge in [-0.15, -0.1) is 11.8 Å². The van der Waals surface area contributed by atoms with Crippen LogP contribution in [0.4, 0.5) is 0 Å². The zero-order valence-electron chi connectivity index (χ0n) is 17.6. The molecule has 1 aromatic rings. The van der Waals surface area contributed by atoms with E-state index in [1.807, 2.05) is 18.2 Å². The Kier molecular flexibility index (Phi) is 10.5. The summed E-state index contributed by atoms with van der Waals surface area (Å²) in [6.07, 6.45) is 10.2. The standard InChI is InChI=1S/C24H34O4S/c1-18-9-7-8-11-23(18)29-17-20(25)15-13-19-14-16-22(26)21(19)10-5-3-4-6-12-24(27)28-2/h7-9,11,14,16,19-21,25H,3-6,10,12-13,15,17H2,1-2H3/t19-,20?,21?/m0/s1. The minimum atomic E-state index is -0.359. The molecule has 0 saturated heterocycles. The fourth-order valence-corrected chi connectivity index (χ4v) is 4.81. The summed E-state index contributed by atoms with van der Waals surface area (Å²) in [5, 5.41) is 10.4. The number of hydrogen-bond acceptors (Lipinski definition) is 5. The van der Waals surface area contributed by atoms with Crippen molar-refractivity contribution in [3.8, 4) is 0 Å². The average molecular weight is 419 g/mol. The highest BCUT2D eigenvalue weighted by molar-refractivity contribution is 7.99. The molecule has 0 aliphatic heterocycles. The number of allylic oxidation sites excluding steroid dienone is 2. The van der Waals surface area contributed by atoms with Crippen molar-refractivity contribution in [3.05, 3.63) is 42.0 Å². The summed E-state index contributed by atoms with van der Waals surface area (Å²) in [4.78, 5) is 24.5. The molecule has 0 aromatic heterocycles. The van der Waals surface area contributed by atoms with Gasteiger partial charge in [-0.3, -0.25) is 9.59 Å². The number of carbonyl (C=O) groups excluding carboxylic acids is 2. The van der Waals surface area contributed by atoms with E-state index in [-0.39, 0.29) is 29.7 Å². The van der Waals surface area contributed by atoms with E-state index in [0.29, 0.717) is 12.2 Å². The second-order valence-corrected chi connectivity index (χ2v) is 8.93. The van der Waals surface area contributed by atoms with Crippen LogP contribution in [0.1, 0.15) is 56.9 Å². The number of benzene rings is 1. The predicted molar refractivity (Wildman–Crippen MR) is 118 cm³/mol. The molecule has 0 radical (unpaired) electrons. The minimum Gasteiger partial charge on any atom is -0.469 e. The lowest BCUT2D eigenvalue weighted by Gasteiger charge is -2.20. The maximum atomic E-state index is 12.2. The summed E-state index contributed by atoms with van der Waals surface area (Å²) in [6.45, 7) is 2.09. The van der Waals surface area contributed by atoms with Crippen molar-refractivity contribution in [2.24, 2.45) is 11.8 Å². The molecule has 1 aliphatic carbocycles. The number of aliphatic hydroxyl groups excluding tert-OH is 1.